The smallest absolute Gasteiger partial charge is 0.150 e. The molecule has 2 nitrogen and oxygen atoms in total. The van der Waals surface area contributed by atoms with E-state index in [9.17, 15) is 9.59 Å². The van der Waals surface area contributed by atoms with Crippen LogP contribution in [0.25, 0.3) is 11.1 Å². The van der Waals surface area contributed by atoms with Crippen molar-refractivity contribution in [1.29, 1.82) is 0 Å². The second-order valence-electron chi connectivity index (χ2n) is 5.43. The van der Waals surface area contributed by atoms with E-state index in [2.05, 4.69) is 12.1 Å². The number of carbonyl (C=O) groups is 2. The molecule has 0 amide bonds. The molecular weight excluding hydrogens is 284 g/mol. The summed E-state index contributed by atoms with van der Waals surface area (Å²) in [6.45, 7) is 0. The molecule has 0 spiro atoms. The molecule has 0 aliphatic carbocycles. The molecular formula is C21H16O2. The van der Waals surface area contributed by atoms with Crippen LogP contribution in [-0.2, 0) is 6.42 Å². The third-order valence-electron chi connectivity index (χ3n) is 3.89. The van der Waals surface area contributed by atoms with E-state index in [1.54, 1.807) is 0 Å². The van der Waals surface area contributed by atoms with Gasteiger partial charge >= 0.3 is 0 Å². The largest absolute Gasteiger partial charge is 0.298 e. The lowest BCUT2D eigenvalue weighted by Gasteiger charge is -2.10. The summed E-state index contributed by atoms with van der Waals surface area (Å²) in [5.74, 6) is 0. The van der Waals surface area contributed by atoms with Crippen molar-refractivity contribution in [2.75, 3.05) is 0 Å². The number of benzene rings is 3. The highest BCUT2D eigenvalue weighted by molar-refractivity contribution is 5.77. The predicted octanol–water partition coefficient (Wildman–Crippen LogP) is 4.57. The molecule has 0 bridgehead atoms. The molecule has 0 unspecified atom stereocenters. The average Bonchev–Trinajstić information content (AvgIpc) is 2.63. The Morgan fingerprint density at radius 3 is 1.83 bits per heavy atom. The fourth-order valence-electron chi connectivity index (χ4n) is 2.63. The van der Waals surface area contributed by atoms with Crippen LogP contribution in [0.3, 0.4) is 0 Å². The van der Waals surface area contributed by atoms with Crippen molar-refractivity contribution in [3.05, 3.63) is 95.1 Å². The number of rotatable bonds is 5. The summed E-state index contributed by atoms with van der Waals surface area (Å²) in [6.07, 6.45) is 2.50. The first-order valence-corrected chi connectivity index (χ1v) is 7.48. The summed E-state index contributed by atoms with van der Waals surface area (Å²) in [6, 6.07) is 23.5. The Bertz CT molecular complexity index is 815. The second kappa shape index (κ2) is 6.84. The van der Waals surface area contributed by atoms with Crippen LogP contribution < -0.4 is 0 Å². The summed E-state index contributed by atoms with van der Waals surface area (Å²) in [5.41, 5.74) is 5.99. The van der Waals surface area contributed by atoms with Crippen LogP contribution in [0.4, 0.5) is 0 Å². The van der Waals surface area contributed by atoms with E-state index in [0.29, 0.717) is 11.1 Å². The van der Waals surface area contributed by atoms with Crippen LogP contribution in [0, 0.1) is 0 Å². The maximum atomic E-state index is 10.8. The van der Waals surface area contributed by atoms with Crippen molar-refractivity contribution < 1.29 is 9.59 Å². The summed E-state index contributed by atoms with van der Waals surface area (Å²) in [4.78, 5) is 21.5. The SMILES string of the molecule is O=Cc1ccc(Cc2ccccc2-c2ccc(C=O)cc2)cc1. The Hall–Kier alpha value is -3.00. The maximum absolute atomic E-state index is 10.8. The molecule has 0 aromatic heterocycles. The van der Waals surface area contributed by atoms with Crippen LogP contribution in [0.2, 0.25) is 0 Å². The van der Waals surface area contributed by atoms with Gasteiger partial charge in [0.15, 0.2) is 0 Å². The first kappa shape index (κ1) is 14.9. The first-order chi connectivity index (χ1) is 11.3. The van der Waals surface area contributed by atoms with Crippen molar-refractivity contribution in [2.45, 2.75) is 6.42 Å². The molecule has 0 heterocycles. The normalized spacial score (nSPS) is 10.3. The molecule has 3 aromatic carbocycles. The summed E-state index contributed by atoms with van der Waals surface area (Å²) in [5, 5.41) is 0. The molecule has 0 radical (unpaired) electrons. The molecule has 0 aliphatic heterocycles. The highest BCUT2D eigenvalue weighted by Gasteiger charge is 2.06. The Morgan fingerprint density at radius 2 is 1.22 bits per heavy atom. The van der Waals surface area contributed by atoms with Crippen molar-refractivity contribution in [3.63, 3.8) is 0 Å². The minimum absolute atomic E-state index is 0.677. The van der Waals surface area contributed by atoms with E-state index < -0.39 is 0 Å². The fourth-order valence-corrected chi connectivity index (χ4v) is 2.63. The van der Waals surface area contributed by atoms with Crippen molar-refractivity contribution in [3.8, 4) is 11.1 Å². The van der Waals surface area contributed by atoms with Crippen LogP contribution in [0.15, 0.2) is 72.8 Å². The number of hydrogen-bond acceptors (Lipinski definition) is 2. The monoisotopic (exact) mass is 300 g/mol. The highest BCUT2D eigenvalue weighted by Crippen LogP contribution is 2.26. The van der Waals surface area contributed by atoms with Gasteiger partial charge in [-0.15, -0.1) is 0 Å². The van der Waals surface area contributed by atoms with Crippen molar-refractivity contribution in [1.82, 2.24) is 0 Å². The predicted molar refractivity (Wildman–Crippen MR) is 91.9 cm³/mol. The average molecular weight is 300 g/mol. The van der Waals surface area contributed by atoms with Gasteiger partial charge in [-0.05, 0) is 28.7 Å². The zero-order chi connectivity index (χ0) is 16.1. The molecule has 0 fully saturated rings. The molecule has 3 rings (SSSR count). The van der Waals surface area contributed by atoms with E-state index in [4.69, 9.17) is 0 Å². The van der Waals surface area contributed by atoms with E-state index >= 15 is 0 Å². The topological polar surface area (TPSA) is 34.1 Å². The van der Waals surface area contributed by atoms with E-state index in [1.165, 1.54) is 5.56 Å². The number of hydrogen-bond donors (Lipinski definition) is 0. The summed E-state index contributed by atoms with van der Waals surface area (Å²) >= 11 is 0. The lowest BCUT2D eigenvalue weighted by molar-refractivity contribution is 0.111. The highest BCUT2D eigenvalue weighted by atomic mass is 16.1. The van der Waals surface area contributed by atoms with Crippen LogP contribution in [-0.4, -0.2) is 12.6 Å². The second-order valence-corrected chi connectivity index (χ2v) is 5.43. The fraction of sp³-hybridized carbons (Fsp3) is 0.0476. The summed E-state index contributed by atoms with van der Waals surface area (Å²) < 4.78 is 0. The third-order valence-corrected chi connectivity index (χ3v) is 3.89. The molecule has 3 aromatic rings. The number of carbonyl (C=O) groups excluding carboxylic acids is 2. The van der Waals surface area contributed by atoms with Crippen LogP contribution in [0.1, 0.15) is 31.8 Å². The van der Waals surface area contributed by atoms with Gasteiger partial charge in [-0.2, -0.15) is 0 Å². The molecule has 112 valence electrons. The van der Waals surface area contributed by atoms with Gasteiger partial charge in [0.2, 0.25) is 0 Å². The van der Waals surface area contributed by atoms with Crippen molar-refractivity contribution in [2.24, 2.45) is 0 Å². The Labute approximate surface area is 135 Å². The molecule has 2 heteroatoms. The van der Waals surface area contributed by atoms with E-state index in [1.807, 2.05) is 60.7 Å². The number of aldehydes is 2. The zero-order valence-electron chi connectivity index (χ0n) is 12.6. The molecule has 0 saturated heterocycles. The maximum Gasteiger partial charge on any atom is 0.150 e. The van der Waals surface area contributed by atoms with E-state index in [0.717, 1.165) is 35.7 Å². The Balaban J connectivity index is 1.92. The molecule has 0 atom stereocenters. The van der Waals surface area contributed by atoms with Crippen LogP contribution in [0.5, 0.6) is 0 Å². The molecule has 0 N–H and O–H groups in total. The van der Waals surface area contributed by atoms with Gasteiger partial charge in [-0.1, -0.05) is 72.8 Å². The van der Waals surface area contributed by atoms with E-state index in [-0.39, 0.29) is 0 Å². The minimum atomic E-state index is 0.677. The standard InChI is InChI=1S/C21H16O2/c22-14-17-7-5-16(6-8-17)13-20-3-1-2-4-21(20)19-11-9-18(15-23)10-12-19/h1-12,14-15H,13H2. The third kappa shape index (κ3) is 3.43. The molecule has 0 saturated carbocycles. The minimum Gasteiger partial charge on any atom is -0.298 e. The lowest BCUT2D eigenvalue weighted by Crippen LogP contribution is -1.93. The Kier molecular flexibility index (Phi) is 4.44. The van der Waals surface area contributed by atoms with Gasteiger partial charge in [-0.25, -0.2) is 0 Å². The zero-order valence-corrected chi connectivity index (χ0v) is 12.6. The van der Waals surface area contributed by atoms with Gasteiger partial charge in [-0.3, -0.25) is 9.59 Å². The summed E-state index contributed by atoms with van der Waals surface area (Å²) in [7, 11) is 0. The van der Waals surface area contributed by atoms with Gasteiger partial charge in [0.1, 0.15) is 12.6 Å². The lowest BCUT2D eigenvalue weighted by atomic mass is 9.94. The van der Waals surface area contributed by atoms with Crippen molar-refractivity contribution >= 4 is 12.6 Å². The van der Waals surface area contributed by atoms with Gasteiger partial charge in [0.05, 0.1) is 0 Å². The molecule has 0 aliphatic rings. The van der Waals surface area contributed by atoms with Gasteiger partial charge in [0, 0.05) is 11.1 Å². The Morgan fingerprint density at radius 1 is 0.652 bits per heavy atom. The quantitative estimate of drug-likeness (QED) is 0.647. The first-order valence-electron chi connectivity index (χ1n) is 7.48. The molecule has 23 heavy (non-hydrogen) atoms. The van der Waals surface area contributed by atoms with Crippen LogP contribution >= 0.6 is 0 Å². The van der Waals surface area contributed by atoms with Gasteiger partial charge < -0.3 is 0 Å². The van der Waals surface area contributed by atoms with Gasteiger partial charge in [0.25, 0.3) is 0 Å².